The molecule has 0 saturated carbocycles. The van der Waals surface area contributed by atoms with E-state index in [0.717, 1.165) is 16.3 Å². The lowest BCUT2D eigenvalue weighted by molar-refractivity contribution is -0.122. The number of anilines is 1. The van der Waals surface area contributed by atoms with Gasteiger partial charge in [0.25, 0.3) is 5.91 Å². The second kappa shape index (κ2) is 9.24. The predicted molar refractivity (Wildman–Crippen MR) is 114 cm³/mol. The summed E-state index contributed by atoms with van der Waals surface area (Å²) in [5, 5.41) is 5.05. The van der Waals surface area contributed by atoms with E-state index in [-0.39, 0.29) is 5.91 Å². The molecule has 0 fully saturated rings. The molecule has 0 aliphatic carbocycles. The highest BCUT2D eigenvalue weighted by Gasteiger charge is 2.20. The monoisotopic (exact) mass is 391 g/mol. The maximum atomic E-state index is 12.8. The number of nitrogens with one attached hydrogen (secondary N) is 1. The number of carbonyl (C=O) groups is 2. The number of rotatable bonds is 7. The van der Waals surface area contributed by atoms with Crippen molar-refractivity contribution < 1.29 is 19.1 Å². The van der Waals surface area contributed by atoms with Gasteiger partial charge >= 0.3 is 5.97 Å². The Kier molecular flexibility index (Phi) is 6.50. The van der Waals surface area contributed by atoms with E-state index in [9.17, 15) is 9.59 Å². The largest absolute Gasteiger partial charge is 0.481 e. The standard InChI is InChI=1S/C24H25NO4/c1-4-22(29-20-13-12-17-8-6-7-9-18(17)14-20)23(26)25-21-15-19(11-10-16(21)3)24(27)28-5-2/h6-15,22H,4-5H2,1-3H3,(H,25,26)/t22-/m1/s1. The first-order valence-electron chi connectivity index (χ1n) is 9.76. The van der Waals surface area contributed by atoms with Crippen molar-refractivity contribution in [1.29, 1.82) is 0 Å². The molecule has 1 atom stereocenters. The minimum absolute atomic E-state index is 0.259. The molecule has 0 radical (unpaired) electrons. The van der Waals surface area contributed by atoms with Gasteiger partial charge in [-0.05, 0) is 60.9 Å². The number of benzene rings is 3. The van der Waals surface area contributed by atoms with E-state index in [4.69, 9.17) is 9.47 Å². The summed E-state index contributed by atoms with van der Waals surface area (Å²) in [5.41, 5.74) is 1.82. The fourth-order valence-corrected chi connectivity index (χ4v) is 3.04. The SMILES string of the molecule is CCOC(=O)c1ccc(C)c(NC(=O)[C@@H](CC)Oc2ccc3ccccc3c2)c1. The Balaban J connectivity index is 1.75. The van der Waals surface area contributed by atoms with Crippen LogP contribution in [0.5, 0.6) is 5.75 Å². The summed E-state index contributed by atoms with van der Waals surface area (Å²) in [4.78, 5) is 24.8. The summed E-state index contributed by atoms with van der Waals surface area (Å²) in [5.74, 6) is -0.0325. The van der Waals surface area contributed by atoms with Gasteiger partial charge in [0.2, 0.25) is 0 Å². The third-order valence-electron chi connectivity index (χ3n) is 4.67. The molecule has 5 nitrogen and oxygen atoms in total. The highest BCUT2D eigenvalue weighted by molar-refractivity contribution is 5.97. The van der Waals surface area contributed by atoms with Crippen LogP contribution in [0, 0.1) is 6.92 Å². The van der Waals surface area contributed by atoms with Gasteiger partial charge in [-0.3, -0.25) is 4.79 Å². The van der Waals surface area contributed by atoms with Crippen LogP contribution in [-0.4, -0.2) is 24.6 Å². The molecule has 0 saturated heterocycles. The van der Waals surface area contributed by atoms with Gasteiger partial charge in [0.05, 0.1) is 12.2 Å². The topological polar surface area (TPSA) is 64.6 Å². The molecule has 0 aliphatic heterocycles. The number of fused-ring (bicyclic) bond motifs is 1. The Morgan fingerprint density at radius 2 is 1.72 bits per heavy atom. The summed E-state index contributed by atoms with van der Waals surface area (Å²) in [6, 6.07) is 18.9. The Morgan fingerprint density at radius 1 is 0.966 bits per heavy atom. The van der Waals surface area contributed by atoms with Gasteiger partial charge in [-0.25, -0.2) is 4.79 Å². The maximum absolute atomic E-state index is 12.8. The molecule has 0 aliphatic rings. The van der Waals surface area contributed by atoms with Gasteiger partial charge in [-0.1, -0.05) is 43.3 Å². The summed E-state index contributed by atoms with van der Waals surface area (Å²) < 4.78 is 11.0. The Morgan fingerprint density at radius 3 is 2.45 bits per heavy atom. The summed E-state index contributed by atoms with van der Waals surface area (Å²) in [6.45, 7) is 5.82. The van der Waals surface area contributed by atoms with Crippen molar-refractivity contribution in [3.63, 3.8) is 0 Å². The van der Waals surface area contributed by atoms with Gasteiger partial charge in [0.15, 0.2) is 6.10 Å². The first kappa shape index (κ1) is 20.4. The van der Waals surface area contributed by atoms with Gasteiger partial charge < -0.3 is 14.8 Å². The predicted octanol–water partition coefficient (Wildman–Crippen LogP) is 5.12. The molecular weight excluding hydrogens is 366 g/mol. The van der Waals surface area contributed by atoms with Crippen molar-refractivity contribution in [3.8, 4) is 5.75 Å². The Labute approximate surface area is 170 Å². The first-order chi connectivity index (χ1) is 14.0. The van der Waals surface area contributed by atoms with E-state index in [1.807, 2.05) is 56.3 Å². The highest BCUT2D eigenvalue weighted by atomic mass is 16.5. The summed E-state index contributed by atoms with van der Waals surface area (Å²) in [7, 11) is 0. The van der Waals surface area contributed by atoms with E-state index in [1.54, 1.807) is 25.1 Å². The van der Waals surface area contributed by atoms with Crippen molar-refractivity contribution in [2.24, 2.45) is 0 Å². The fourth-order valence-electron chi connectivity index (χ4n) is 3.04. The van der Waals surface area contributed by atoms with Crippen LogP contribution >= 0.6 is 0 Å². The number of esters is 1. The minimum atomic E-state index is -0.651. The zero-order valence-electron chi connectivity index (χ0n) is 16.9. The molecule has 5 heteroatoms. The third-order valence-corrected chi connectivity index (χ3v) is 4.67. The van der Waals surface area contributed by atoms with Crippen molar-refractivity contribution >= 4 is 28.3 Å². The molecule has 0 aromatic heterocycles. The lowest BCUT2D eigenvalue weighted by atomic mass is 10.1. The smallest absolute Gasteiger partial charge is 0.338 e. The zero-order chi connectivity index (χ0) is 20.8. The number of amides is 1. The van der Waals surface area contributed by atoms with Crippen molar-refractivity contribution in [1.82, 2.24) is 0 Å². The van der Waals surface area contributed by atoms with Crippen LogP contribution in [0.25, 0.3) is 10.8 Å². The molecule has 0 unspecified atom stereocenters. The quantitative estimate of drug-likeness (QED) is 0.568. The molecule has 3 aromatic carbocycles. The average Bonchev–Trinajstić information content (AvgIpc) is 2.73. The zero-order valence-corrected chi connectivity index (χ0v) is 16.9. The molecule has 1 amide bonds. The first-order valence-corrected chi connectivity index (χ1v) is 9.76. The normalized spacial score (nSPS) is 11.7. The second-order valence-corrected chi connectivity index (χ2v) is 6.76. The number of carbonyl (C=O) groups excluding carboxylic acids is 2. The molecule has 150 valence electrons. The van der Waals surface area contributed by atoms with Crippen LogP contribution in [0.4, 0.5) is 5.69 Å². The summed E-state index contributed by atoms with van der Waals surface area (Å²) >= 11 is 0. The van der Waals surface area contributed by atoms with Gasteiger partial charge in [-0.15, -0.1) is 0 Å². The molecule has 0 bridgehead atoms. The Hall–Kier alpha value is -3.34. The van der Waals surface area contributed by atoms with Crippen molar-refractivity contribution in [2.45, 2.75) is 33.3 Å². The fraction of sp³-hybridized carbons (Fsp3) is 0.250. The second-order valence-electron chi connectivity index (χ2n) is 6.76. The van der Waals surface area contributed by atoms with E-state index < -0.39 is 12.1 Å². The molecule has 0 spiro atoms. The maximum Gasteiger partial charge on any atom is 0.338 e. The van der Waals surface area contributed by atoms with E-state index in [0.29, 0.717) is 30.0 Å². The molecule has 0 heterocycles. The van der Waals surface area contributed by atoms with E-state index in [1.165, 1.54) is 0 Å². The third kappa shape index (κ3) is 4.93. The number of ether oxygens (including phenoxy) is 2. The van der Waals surface area contributed by atoms with E-state index >= 15 is 0 Å². The van der Waals surface area contributed by atoms with E-state index in [2.05, 4.69) is 5.32 Å². The number of hydrogen-bond acceptors (Lipinski definition) is 4. The van der Waals surface area contributed by atoms with Gasteiger partial charge in [0, 0.05) is 5.69 Å². The molecule has 1 N–H and O–H groups in total. The van der Waals surface area contributed by atoms with Crippen LogP contribution in [0.2, 0.25) is 0 Å². The number of hydrogen-bond donors (Lipinski definition) is 1. The average molecular weight is 391 g/mol. The lowest BCUT2D eigenvalue weighted by Crippen LogP contribution is -2.32. The molecule has 29 heavy (non-hydrogen) atoms. The van der Waals surface area contributed by atoms with Crippen LogP contribution in [-0.2, 0) is 9.53 Å². The molecule has 3 aromatic rings. The van der Waals surface area contributed by atoms with Crippen molar-refractivity contribution in [3.05, 3.63) is 71.8 Å². The van der Waals surface area contributed by atoms with Gasteiger partial charge in [0.1, 0.15) is 5.75 Å². The van der Waals surface area contributed by atoms with Gasteiger partial charge in [-0.2, -0.15) is 0 Å². The number of aryl methyl sites for hydroxylation is 1. The molecular formula is C24H25NO4. The van der Waals surface area contributed by atoms with Crippen molar-refractivity contribution in [2.75, 3.05) is 11.9 Å². The lowest BCUT2D eigenvalue weighted by Gasteiger charge is -2.19. The van der Waals surface area contributed by atoms with Crippen LogP contribution in [0.1, 0.15) is 36.2 Å². The highest BCUT2D eigenvalue weighted by Crippen LogP contribution is 2.23. The summed E-state index contributed by atoms with van der Waals surface area (Å²) in [6.07, 6.45) is -0.142. The molecule has 3 rings (SSSR count). The van der Waals surface area contributed by atoms with Crippen LogP contribution in [0.3, 0.4) is 0 Å². The van der Waals surface area contributed by atoms with Crippen LogP contribution in [0.15, 0.2) is 60.7 Å². The van der Waals surface area contributed by atoms with Crippen LogP contribution < -0.4 is 10.1 Å². The Bertz CT molecular complexity index is 1030. The minimum Gasteiger partial charge on any atom is -0.481 e.